The number of aromatic nitrogens is 4. The Bertz CT molecular complexity index is 690. The van der Waals surface area contributed by atoms with Crippen molar-refractivity contribution in [3.8, 4) is 0 Å². The summed E-state index contributed by atoms with van der Waals surface area (Å²) in [5.41, 5.74) is 0. The zero-order chi connectivity index (χ0) is 16.5. The molecule has 0 spiro atoms. The fourth-order valence-electron chi connectivity index (χ4n) is 3.56. The Balaban J connectivity index is 0.00000182. The van der Waals surface area contributed by atoms with Gasteiger partial charge in [-0.1, -0.05) is 0 Å². The molecular formula is C16H26ClN7S. The largest absolute Gasteiger partial charge is 0.354 e. The zero-order valence-electron chi connectivity index (χ0n) is 14.8. The summed E-state index contributed by atoms with van der Waals surface area (Å²) in [6.07, 6.45) is 4.36. The third-order valence-corrected chi connectivity index (χ3v) is 6.06. The van der Waals surface area contributed by atoms with Gasteiger partial charge in [-0.15, -0.1) is 33.9 Å². The van der Waals surface area contributed by atoms with Gasteiger partial charge in [-0.25, -0.2) is 4.98 Å². The summed E-state index contributed by atoms with van der Waals surface area (Å²) in [6, 6.07) is 0. The van der Waals surface area contributed by atoms with Gasteiger partial charge in [0.2, 0.25) is 0 Å². The molecular weight excluding hydrogens is 358 g/mol. The lowest BCUT2D eigenvalue weighted by atomic mass is 9.95. The summed E-state index contributed by atoms with van der Waals surface area (Å²) >= 11 is 1.79. The molecule has 9 heteroatoms. The number of nitrogens with zero attached hydrogens (tertiary/aromatic N) is 6. The van der Waals surface area contributed by atoms with Crippen molar-refractivity contribution in [3.63, 3.8) is 0 Å². The van der Waals surface area contributed by atoms with E-state index in [-0.39, 0.29) is 12.4 Å². The van der Waals surface area contributed by atoms with E-state index in [0.717, 1.165) is 50.2 Å². The van der Waals surface area contributed by atoms with E-state index in [9.17, 15) is 0 Å². The summed E-state index contributed by atoms with van der Waals surface area (Å²) in [7, 11) is 4.09. The van der Waals surface area contributed by atoms with Crippen molar-refractivity contribution in [1.29, 1.82) is 0 Å². The monoisotopic (exact) mass is 383 g/mol. The van der Waals surface area contributed by atoms with E-state index in [4.69, 9.17) is 0 Å². The SMILES string of the molecule is CN(C)c1ncc(CN2CCC(c3nnc4n3CCNC4)CC2)s1.Cl. The maximum Gasteiger partial charge on any atom is 0.185 e. The Labute approximate surface area is 158 Å². The van der Waals surface area contributed by atoms with E-state index in [2.05, 4.69) is 34.9 Å². The Morgan fingerprint density at radius 1 is 1.24 bits per heavy atom. The molecule has 0 aliphatic carbocycles. The number of hydrogen-bond acceptors (Lipinski definition) is 7. The van der Waals surface area contributed by atoms with Crippen LogP contribution >= 0.6 is 23.7 Å². The Kier molecular flexibility index (Phi) is 5.93. The number of likely N-dealkylation sites (tertiary alicyclic amines) is 1. The van der Waals surface area contributed by atoms with Gasteiger partial charge in [-0.3, -0.25) is 4.90 Å². The number of halogens is 1. The van der Waals surface area contributed by atoms with Crippen molar-refractivity contribution in [3.05, 3.63) is 22.7 Å². The molecule has 2 aromatic heterocycles. The van der Waals surface area contributed by atoms with Crippen molar-refractivity contribution in [2.45, 2.75) is 38.4 Å². The second-order valence-corrected chi connectivity index (χ2v) is 7.95. The summed E-state index contributed by atoms with van der Waals surface area (Å²) in [5.74, 6) is 2.86. The van der Waals surface area contributed by atoms with E-state index in [0.29, 0.717) is 5.92 Å². The van der Waals surface area contributed by atoms with Crippen LogP contribution in [0.1, 0.15) is 35.3 Å². The average molecular weight is 384 g/mol. The lowest BCUT2D eigenvalue weighted by Crippen LogP contribution is -2.34. The van der Waals surface area contributed by atoms with Crippen LogP contribution in [-0.4, -0.2) is 58.4 Å². The standard InChI is InChI=1S/C16H25N7S.ClH/c1-21(2)16-18-9-13(24-16)11-22-6-3-12(4-7-22)15-20-19-14-10-17-5-8-23(14)15;/h9,12,17H,3-8,10-11H2,1-2H3;1H. The molecule has 4 heterocycles. The molecule has 1 saturated heterocycles. The van der Waals surface area contributed by atoms with Crippen LogP contribution in [0.4, 0.5) is 5.13 Å². The molecule has 4 rings (SSSR count). The van der Waals surface area contributed by atoms with E-state index >= 15 is 0 Å². The first-order chi connectivity index (χ1) is 11.7. The molecule has 138 valence electrons. The summed E-state index contributed by atoms with van der Waals surface area (Å²) < 4.78 is 2.34. The molecule has 0 atom stereocenters. The van der Waals surface area contributed by atoms with Crippen molar-refractivity contribution in [1.82, 2.24) is 30.0 Å². The van der Waals surface area contributed by atoms with Gasteiger partial charge in [0, 0.05) is 50.7 Å². The summed E-state index contributed by atoms with van der Waals surface area (Å²) in [6.45, 7) is 6.15. The predicted molar refractivity (Wildman–Crippen MR) is 103 cm³/mol. The molecule has 2 aliphatic rings. The first-order valence-electron chi connectivity index (χ1n) is 8.68. The van der Waals surface area contributed by atoms with Crippen LogP contribution in [0.3, 0.4) is 0 Å². The summed E-state index contributed by atoms with van der Waals surface area (Å²) in [5, 5.41) is 13.3. The van der Waals surface area contributed by atoms with E-state index < -0.39 is 0 Å². The van der Waals surface area contributed by atoms with Crippen LogP contribution in [0.15, 0.2) is 6.20 Å². The molecule has 0 unspecified atom stereocenters. The third kappa shape index (κ3) is 3.97. The van der Waals surface area contributed by atoms with Gasteiger partial charge in [0.05, 0.1) is 6.54 Å². The highest BCUT2D eigenvalue weighted by Gasteiger charge is 2.27. The van der Waals surface area contributed by atoms with Gasteiger partial charge in [-0.2, -0.15) is 0 Å². The number of anilines is 1. The Morgan fingerprint density at radius 2 is 2.04 bits per heavy atom. The van der Waals surface area contributed by atoms with Gasteiger partial charge in [0.1, 0.15) is 11.6 Å². The maximum absolute atomic E-state index is 4.49. The van der Waals surface area contributed by atoms with Gasteiger partial charge in [-0.05, 0) is 25.9 Å². The van der Waals surface area contributed by atoms with Crippen molar-refractivity contribution < 1.29 is 0 Å². The molecule has 2 aromatic rings. The molecule has 1 fully saturated rings. The Hall–Kier alpha value is -1.22. The highest BCUT2D eigenvalue weighted by atomic mass is 35.5. The van der Waals surface area contributed by atoms with E-state index in [1.54, 1.807) is 11.3 Å². The second kappa shape index (κ2) is 7.99. The summed E-state index contributed by atoms with van der Waals surface area (Å²) in [4.78, 5) is 10.4. The van der Waals surface area contributed by atoms with Crippen LogP contribution in [-0.2, 0) is 19.6 Å². The molecule has 0 saturated carbocycles. The number of nitrogens with one attached hydrogen (secondary N) is 1. The molecule has 0 aromatic carbocycles. The Morgan fingerprint density at radius 3 is 2.76 bits per heavy atom. The third-order valence-electron chi connectivity index (χ3n) is 4.91. The van der Waals surface area contributed by atoms with E-state index in [1.807, 2.05) is 20.3 Å². The minimum absolute atomic E-state index is 0. The minimum Gasteiger partial charge on any atom is -0.354 e. The fraction of sp³-hybridized carbons (Fsp3) is 0.688. The lowest BCUT2D eigenvalue weighted by molar-refractivity contribution is 0.201. The normalized spacial score (nSPS) is 18.6. The average Bonchev–Trinajstić information content (AvgIpc) is 3.23. The van der Waals surface area contributed by atoms with E-state index in [1.165, 1.54) is 23.5 Å². The van der Waals surface area contributed by atoms with Crippen molar-refractivity contribution in [2.24, 2.45) is 0 Å². The van der Waals surface area contributed by atoms with Gasteiger partial charge in [0.25, 0.3) is 0 Å². The van der Waals surface area contributed by atoms with Gasteiger partial charge in [0.15, 0.2) is 5.13 Å². The molecule has 7 nitrogen and oxygen atoms in total. The lowest BCUT2D eigenvalue weighted by Gasteiger charge is -2.31. The zero-order valence-corrected chi connectivity index (χ0v) is 16.4. The quantitative estimate of drug-likeness (QED) is 0.867. The molecule has 1 N–H and O–H groups in total. The number of rotatable bonds is 4. The fourth-order valence-corrected chi connectivity index (χ4v) is 4.44. The maximum atomic E-state index is 4.49. The van der Waals surface area contributed by atoms with Gasteiger partial charge < -0.3 is 14.8 Å². The van der Waals surface area contributed by atoms with Crippen LogP contribution < -0.4 is 10.2 Å². The van der Waals surface area contributed by atoms with Crippen molar-refractivity contribution >= 4 is 28.9 Å². The highest BCUT2D eigenvalue weighted by molar-refractivity contribution is 7.15. The predicted octanol–water partition coefficient (Wildman–Crippen LogP) is 1.71. The van der Waals surface area contributed by atoms with Gasteiger partial charge >= 0.3 is 0 Å². The number of hydrogen-bond donors (Lipinski definition) is 1. The van der Waals surface area contributed by atoms with Crippen LogP contribution in [0, 0.1) is 0 Å². The number of thiazole rings is 1. The van der Waals surface area contributed by atoms with Crippen LogP contribution in [0.5, 0.6) is 0 Å². The topological polar surface area (TPSA) is 62.1 Å². The molecule has 2 aliphatic heterocycles. The highest BCUT2D eigenvalue weighted by Crippen LogP contribution is 2.29. The van der Waals surface area contributed by atoms with Crippen molar-refractivity contribution in [2.75, 3.05) is 38.6 Å². The number of fused-ring (bicyclic) bond motifs is 1. The first-order valence-corrected chi connectivity index (χ1v) is 9.49. The molecule has 0 radical (unpaired) electrons. The smallest absolute Gasteiger partial charge is 0.185 e. The number of piperidine rings is 1. The second-order valence-electron chi connectivity index (χ2n) is 6.86. The molecule has 0 amide bonds. The van der Waals surface area contributed by atoms with Crippen LogP contribution in [0.2, 0.25) is 0 Å². The molecule has 0 bridgehead atoms. The first kappa shape index (κ1) is 18.6. The molecule has 25 heavy (non-hydrogen) atoms. The van der Waals surface area contributed by atoms with Crippen LogP contribution in [0.25, 0.3) is 0 Å². The minimum atomic E-state index is 0.